The van der Waals surface area contributed by atoms with E-state index in [4.69, 9.17) is 9.97 Å². The van der Waals surface area contributed by atoms with Crippen LogP contribution in [0.25, 0.3) is 87.5 Å². The third-order valence-corrected chi connectivity index (χ3v) is 10.1. The van der Waals surface area contributed by atoms with Crippen LogP contribution in [0.4, 0.5) is 0 Å². The van der Waals surface area contributed by atoms with Crippen molar-refractivity contribution in [1.82, 2.24) is 9.97 Å². The number of hydrogen-bond donors (Lipinski definition) is 0. The number of hydrogen-bond acceptors (Lipinski definition) is 3. The summed E-state index contributed by atoms with van der Waals surface area (Å²) in [5.74, 6) is 0.718. The van der Waals surface area contributed by atoms with Crippen LogP contribution in [0.15, 0.2) is 182 Å². The highest BCUT2D eigenvalue weighted by atomic mass is 32.1. The van der Waals surface area contributed by atoms with E-state index in [1.807, 2.05) is 0 Å². The average molecular weight is 643 g/mol. The monoisotopic (exact) mass is 642 g/mol. The third kappa shape index (κ3) is 5.61. The van der Waals surface area contributed by atoms with Gasteiger partial charge in [-0.3, -0.25) is 0 Å². The maximum atomic E-state index is 5.50. The van der Waals surface area contributed by atoms with E-state index in [0.717, 1.165) is 66.2 Å². The first-order chi connectivity index (χ1) is 24.3. The molecule has 0 saturated heterocycles. The number of thiophene rings is 1. The van der Waals surface area contributed by atoms with Crippen LogP contribution in [-0.4, -0.2) is 9.97 Å². The van der Waals surface area contributed by atoms with Crippen LogP contribution in [0.3, 0.4) is 0 Å². The number of nitrogens with zero attached hydrogens (tertiary/aromatic N) is 2. The fraction of sp³-hybridized carbons (Fsp3) is 0. The highest BCUT2D eigenvalue weighted by Crippen LogP contribution is 2.42. The van der Waals surface area contributed by atoms with Crippen molar-refractivity contribution in [1.29, 1.82) is 0 Å². The molecule has 0 aliphatic carbocycles. The molecular weight excluding hydrogens is 613 g/mol. The quantitative estimate of drug-likeness (QED) is 0.180. The van der Waals surface area contributed by atoms with Gasteiger partial charge in [0.15, 0.2) is 5.82 Å². The Balaban J connectivity index is 1.33. The first-order valence-corrected chi connectivity index (χ1v) is 17.3. The number of rotatable bonds is 6. The highest BCUT2D eigenvalue weighted by molar-refractivity contribution is 7.25. The Hall–Kier alpha value is -6.16. The molecule has 0 N–H and O–H groups in total. The van der Waals surface area contributed by atoms with Crippen molar-refractivity contribution in [3.63, 3.8) is 0 Å². The molecule has 0 spiro atoms. The molecule has 0 unspecified atom stereocenters. The molecule has 230 valence electrons. The van der Waals surface area contributed by atoms with Gasteiger partial charge in [-0.15, -0.1) is 11.3 Å². The normalized spacial score (nSPS) is 11.3. The van der Waals surface area contributed by atoms with E-state index in [2.05, 4.69) is 182 Å². The average Bonchev–Trinajstić information content (AvgIpc) is 3.57. The van der Waals surface area contributed by atoms with E-state index in [-0.39, 0.29) is 0 Å². The van der Waals surface area contributed by atoms with Gasteiger partial charge in [-0.1, -0.05) is 140 Å². The van der Waals surface area contributed by atoms with Gasteiger partial charge in [0.25, 0.3) is 0 Å². The molecule has 0 atom stereocenters. The molecule has 0 fully saturated rings. The first kappa shape index (κ1) is 29.0. The first-order valence-electron chi connectivity index (χ1n) is 16.5. The van der Waals surface area contributed by atoms with Crippen molar-refractivity contribution < 1.29 is 0 Å². The Morgan fingerprint density at radius 2 is 0.714 bits per heavy atom. The van der Waals surface area contributed by atoms with Crippen LogP contribution >= 0.6 is 11.3 Å². The predicted molar refractivity (Wildman–Crippen MR) is 208 cm³/mol. The van der Waals surface area contributed by atoms with Gasteiger partial charge in [0.2, 0.25) is 0 Å². The number of benzene rings is 7. The minimum Gasteiger partial charge on any atom is -0.227 e. The van der Waals surface area contributed by atoms with E-state index < -0.39 is 0 Å². The zero-order valence-electron chi connectivity index (χ0n) is 26.6. The SMILES string of the molecule is c1ccc(-c2cc(-c3ccccc3)cc(-c3nc(-c4cc(-c5ccccc5)cc(-c5ccccc5)c4)c4c(n3)sc3ccccc34)c2)cc1. The van der Waals surface area contributed by atoms with Gasteiger partial charge in [0, 0.05) is 26.6 Å². The van der Waals surface area contributed by atoms with Crippen LogP contribution < -0.4 is 0 Å². The van der Waals surface area contributed by atoms with E-state index in [1.54, 1.807) is 11.3 Å². The van der Waals surface area contributed by atoms with Crippen LogP contribution in [0, 0.1) is 0 Å². The van der Waals surface area contributed by atoms with Crippen molar-refractivity contribution >= 4 is 31.6 Å². The smallest absolute Gasteiger partial charge is 0.161 e. The summed E-state index contributed by atoms with van der Waals surface area (Å²) in [6.45, 7) is 0. The summed E-state index contributed by atoms with van der Waals surface area (Å²) in [6.07, 6.45) is 0. The minimum absolute atomic E-state index is 0.718. The Bertz CT molecular complexity index is 2460. The maximum Gasteiger partial charge on any atom is 0.161 e. The predicted octanol–water partition coefficient (Wildman–Crippen LogP) is 12.8. The molecule has 0 amide bonds. The molecule has 0 aliphatic heterocycles. The summed E-state index contributed by atoms with van der Waals surface area (Å²) >= 11 is 1.73. The summed E-state index contributed by atoms with van der Waals surface area (Å²) in [4.78, 5) is 11.8. The maximum absolute atomic E-state index is 5.50. The van der Waals surface area contributed by atoms with Gasteiger partial charge in [-0.2, -0.15) is 0 Å². The van der Waals surface area contributed by atoms with E-state index in [0.29, 0.717) is 0 Å². The molecule has 0 aliphatic rings. The fourth-order valence-corrected chi connectivity index (χ4v) is 7.75. The van der Waals surface area contributed by atoms with E-state index in [9.17, 15) is 0 Å². The number of fused-ring (bicyclic) bond motifs is 3. The lowest BCUT2D eigenvalue weighted by Gasteiger charge is -2.14. The van der Waals surface area contributed by atoms with Crippen molar-refractivity contribution in [3.05, 3.63) is 182 Å². The lowest BCUT2D eigenvalue weighted by Crippen LogP contribution is -1.96. The largest absolute Gasteiger partial charge is 0.227 e. The van der Waals surface area contributed by atoms with Gasteiger partial charge in [-0.25, -0.2) is 9.97 Å². The second kappa shape index (κ2) is 12.5. The summed E-state index contributed by atoms with van der Waals surface area (Å²) in [6, 6.07) is 64.5. The van der Waals surface area contributed by atoms with Gasteiger partial charge < -0.3 is 0 Å². The molecule has 7 aromatic carbocycles. The van der Waals surface area contributed by atoms with E-state index in [1.165, 1.54) is 21.2 Å². The molecule has 0 radical (unpaired) electrons. The van der Waals surface area contributed by atoms with Crippen molar-refractivity contribution in [2.45, 2.75) is 0 Å². The summed E-state index contributed by atoms with van der Waals surface area (Å²) in [7, 11) is 0. The Labute approximate surface area is 289 Å². The third-order valence-electron chi connectivity index (χ3n) is 9.07. The molecule has 0 saturated carbocycles. The van der Waals surface area contributed by atoms with Crippen LogP contribution in [0.1, 0.15) is 0 Å². The molecule has 2 aromatic heterocycles. The minimum atomic E-state index is 0.718. The van der Waals surface area contributed by atoms with E-state index >= 15 is 0 Å². The summed E-state index contributed by atoms with van der Waals surface area (Å²) in [5, 5.41) is 2.27. The van der Waals surface area contributed by atoms with Crippen LogP contribution in [-0.2, 0) is 0 Å². The number of aromatic nitrogens is 2. The zero-order valence-corrected chi connectivity index (χ0v) is 27.4. The Kier molecular flexibility index (Phi) is 7.38. The highest BCUT2D eigenvalue weighted by Gasteiger charge is 2.19. The lowest BCUT2D eigenvalue weighted by atomic mass is 9.93. The zero-order chi connectivity index (χ0) is 32.6. The summed E-state index contributed by atoms with van der Waals surface area (Å²) < 4.78 is 1.20. The summed E-state index contributed by atoms with van der Waals surface area (Å²) in [5.41, 5.74) is 12.2. The molecule has 2 heterocycles. The Morgan fingerprint density at radius 3 is 1.18 bits per heavy atom. The topological polar surface area (TPSA) is 25.8 Å². The lowest BCUT2D eigenvalue weighted by molar-refractivity contribution is 1.24. The standard InChI is InChI=1S/C46H30N2S/c1-5-15-31(16-6-1)35-25-36(32-17-7-2-8-18-32)28-39(27-35)44-43-41-23-13-14-24-42(41)49-46(43)48-45(47-44)40-29-37(33-19-9-3-10-20-33)26-38(30-40)34-21-11-4-12-22-34/h1-30H. The fourth-order valence-electron chi connectivity index (χ4n) is 6.67. The van der Waals surface area contributed by atoms with Gasteiger partial charge in [0.1, 0.15) is 4.83 Å². The van der Waals surface area contributed by atoms with Gasteiger partial charge >= 0.3 is 0 Å². The molecule has 9 aromatic rings. The molecule has 0 bridgehead atoms. The molecule has 49 heavy (non-hydrogen) atoms. The molecular formula is C46H30N2S. The second-order valence-corrected chi connectivity index (χ2v) is 13.3. The van der Waals surface area contributed by atoms with Gasteiger partial charge in [0.05, 0.1) is 5.69 Å². The molecule has 9 rings (SSSR count). The Morgan fingerprint density at radius 1 is 0.327 bits per heavy atom. The van der Waals surface area contributed by atoms with Crippen molar-refractivity contribution in [2.24, 2.45) is 0 Å². The van der Waals surface area contributed by atoms with Crippen molar-refractivity contribution in [2.75, 3.05) is 0 Å². The van der Waals surface area contributed by atoms with Crippen LogP contribution in [0.2, 0.25) is 0 Å². The van der Waals surface area contributed by atoms with Crippen molar-refractivity contribution in [3.8, 4) is 67.2 Å². The molecule has 3 heteroatoms. The second-order valence-electron chi connectivity index (χ2n) is 12.2. The molecule has 2 nitrogen and oxygen atoms in total. The van der Waals surface area contributed by atoms with Crippen LogP contribution in [0.5, 0.6) is 0 Å². The van der Waals surface area contributed by atoms with Gasteiger partial charge in [-0.05, 0) is 87.0 Å².